The fourth-order valence-corrected chi connectivity index (χ4v) is 1.16. The van der Waals surface area contributed by atoms with Crippen molar-refractivity contribution in [2.45, 2.75) is 32.7 Å². The zero-order chi connectivity index (χ0) is 9.68. The highest BCUT2D eigenvalue weighted by Crippen LogP contribution is 2.03. The summed E-state index contributed by atoms with van der Waals surface area (Å²) in [4.78, 5) is 4.36. The Kier molecular flexibility index (Phi) is 3.90. The SMILES string of the molecule is CNC(C)CCc1ccc(C)cn1. The van der Waals surface area contributed by atoms with Crippen LogP contribution in [0.1, 0.15) is 24.6 Å². The zero-order valence-electron chi connectivity index (χ0n) is 8.67. The van der Waals surface area contributed by atoms with Gasteiger partial charge in [0.25, 0.3) is 0 Å². The van der Waals surface area contributed by atoms with Gasteiger partial charge in [-0.05, 0) is 45.4 Å². The number of pyridine rings is 1. The Hall–Kier alpha value is -0.890. The molecule has 0 amide bonds. The van der Waals surface area contributed by atoms with E-state index in [0.717, 1.165) is 12.8 Å². The van der Waals surface area contributed by atoms with Crippen LogP contribution in [0.5, 0.6) is 0 Å². The quantitative estimate of drug-likeness (QED) is 0.762. The molecule has 1 aromatic heterocycles. The van der Waals surface area contributed by atoms with Gasteiger partial charge in [0.1, 0.15) is 0 Å². The monoisotopic (exact) mass is 178 g/mol. The van der Waals surface area contributed by atoms with Crippen molar-refractivity contribution in [3.05, 3.63) is 29.6 Å². The molecule has 1 unspecified atom stereocenters. The summed E-state index contributed by atoms with van der Waals surface area (Å²) in [5.74, 6) is 0. The smallest absolute Gasteiger partial charge is 0.0404 e. The number of aryl methyl sites for hydroxylation is 2. The molecule has 13 heavy (non-hydrogen) atoms. The van der Waals surface area contributed by atoms with E-state index in [1.165, 1.54) is 11.3 Å². The molecule has 0 spiro atoms. The Balaban J connectivity index is 2.41. The van der Waals surface area contributed by atoms with Crippen molar-refractivity contribution in [1.29, 1.82) is 0 Å². The first-order chi connectivity index (χ1) is 6.22. The van der Waals surface area contributed by atoms with Crippen molar-refractivity contribution >= 4 is 0 Å². The second-order valence-electron chi connectivity index (χ2n) is 3.56. The molecule has 2 heteroatoms. The van der Waals surface area contributed by atoms with Gasteiger partial charge in [0, 0.05) is 17.9 Å². The molecule has 0 aliphatic rings. The van der Waals surface area contributed by atoms with E-state index in [4.69, 9.17) is 0 Å². The third kappa shape index (κ3) is 3.55. The first kappa shape index (κ1) is 10.2. The maximum atomic E-state index is 4.36. The average Bonchev–Trinajstić information content (AvgIpc) is 2.16. The molecule has 1 rings (SSSR count). The van der Waals surface area contributed by atoms with E-state index in [9.17, 15) is 0 Å². The van der Waals surface area contributed by atoms with Crippen molar-refractivity contribution < 1.29 is 0 Å². The van der Waals surface area contributed by atoms with Crippen LogP contribution in [0.25, 0.3) is 0 Å². The van der Waals surface area contributed by atoms with Gasteiger partial charge in [-0.1, -0.05) is 6.07 Å². The van der Waals surface area contributed by atoms with Crippen molar-refractivity contribution in [1.82, 2.24) is 10.3 Å². The van der Waals surface area contributed by atoms with Crippen molar-refractivity contribution in [3.8, 4) is 0 Å². The predicted octanol–water partition coefficient (Wildman–Crippen LogP) is 1.93. The Morgan fingerprint density at radius 2 is 2.23 bits per heavy atom. The molecule has 1 atom stereocenters. The molecule has 1 aromatic rings. The number of nitrogens with one attached hydrogen (secondary N) is 1. The molecular formula is C11H18N2. The summed E-state index contributed by atoms with van der Waals surface area (Å²) in [5.41, 5.74) is 2.41. The molecule has 1 heterocycles. The number of aromatic nitrogens is 1. The molecule has 0 saturated heterocycles. The minimum atomic E-state index is 0.572. The van der Waals surface area contributed by atoms with E-state index in [0.29, 0.717) is 6.04 Å². The molecule has 0 aliphatic carbocycles. The van der Waals surface area contributed by atoms with Crippen LogP contribution in [0.2, 0.25) is 0 Å². The summed E-state index contributed by atoms with van der Waals surface area (Å²) in [6, 6.07) is 4.80. The molecule has 0 bridgehead atoms. The van der Waals surface area contributed by atoms with Gasteiger partial charge in [-0.15, -0.1) is 0 Å². The molecular weight excluding hydrogens is 160 g/mol. The van der Waals surface area contributed by atoms with Crippen LogP contribution >= 0.6 is 0 Å². The molecule has 0 saturated carbocycles. The Bertz CT molecular complexity index is 241. The lowest BCUT2D eigenvalue weighted by Gasteiger charge is -2.08. The van der Waals surface area contributed by atoms with Gasteiger partial charge >= 0.3 is 0 Å². The summed E-state index contributed by atoms with van der Waals surface area (Å²) < 4.78 is 0. The number of hydrogen-bond acceptors (Lipinski definition) is 2. The Morgan fingerprint density at radius 3 is 2.77 bits per heavy atom. The van der Waals surface area contributed by atoms with Crippen LogP contribution in [-0.2, 0) is 6.42 Å². The van der Waals surface area contributed by atoms with Gasteiger partial charge in [-0.25, -0.2) is 0 Å². The van der Waals surface area contributed by atoms with E-state index < -0.39 is 0 Å². The molecule has 2 nitrogen and oxygen atoms in total. The third-order valence-electron chi connectivity index (χ3n) is 2.30. The highest BCUT2D eigenvalue weighted by molar-refractivity contribution is 5.12. The highest BCUT2D eigenvalue weighted by atomic mass is 14.8. The maximum Gasteiger partial charge on any atom is 0.0404 e. The first-order valence-corrected chi connectivity index (χ1v) is 4.81. The summed E-state index contributed by atoms with van der Waals surface area (Å²) >= 11 is 0. The third-order valence-corrected chi connectivity index (χ3v) is 2.30. The normalized spacial score (nSPS) is 12.8. The number of rotatable bonds is 4. The van der Waals surface area contributed by atoms with E-state index in [1.54, 1.807) is 0 Å². The minimum Gasteiger partial charge on any atom is -0.317 e. The molecule has 0 aromatic carbocycles. The average molecular weight is 178 g/mol. The number of nitrogens with zero attached hydrogens (tertiary/aromatic N) is 1. The highest BCUT2D eigenvalue weighted by Gasteiger charge is 1.99. The molecule has 0 aliphatic heterocycles. The maximum absolute atomic E-state index is 4.36. The lowest BCUT2D eigenvalue weighted by Crippen LogP contribution is -2.21. The van der Waals surface area contributed by atoms with Gasteiger partial charge in [-0.3, -0.25) is 4.98 Å². The minimum absolute atomic E-state index is 0.572. The Morgan fingerprint density at radius 1 is 1.46 bits per heavy atom. The summed E-state index contributed by atoms with van der Waals surface area (Å²) in [6.07, 6.45) is 4.13. The van der Waals surface area contributed by atoms with E-state index >= 15 is 0 Å². The molecule has 0 radical (unpaired) electrons. The number of hydrogen-bond donors (Lipinski definition) is 1. The van der Waals surface area contributed by atoms with Crippen LogP contribution < -0.4 is 5.32 Å². The van der Waals surface area contributed by atoms with Crippen molar-refractivity contribution in [3.63, 3.8) is 0 Å². The standard InChI is InChI=1S/C11H18N2/c1-9-4-6-11(13-8-9)7-5-10(2)12-3/h4,6,8,10,12H,5,7H2,1-3H3. The van der Waals surface area contributed by atoms with E-state index in [1.807, 2.05) is 13.2 Å². The van der Waals surface area contributed by atoms with Crippen molar-refractivity contribution in [2.24, 2.45) is 0 Å². The van der Waals surface area contributed by atoms with Crippen LogP contribution in [0.4, 0.5) is 0 Å². The lowest BCUT2D eigenvalue weighted by molar-refractivity contribution is 0.561. The van der Waals surface area contributed by atoms with Crippen LogP contribution in [0.15, 0.2) is 18.3 Å². The van der Waals surface area contributed by atoms with E-state index in [2.05, 4.69) is 36.3 Å². The summed E-state index contributed by atoms with van der Waals surface area (Å²) in [5, 5.41) is 3.22. The first-order valence-electron chi connectivity index (χ1n) is 4.81. The summed E-state index contributed by atoms with van der Waals surface area (Å²) in [6.45, 7) is 4.25. The van der Waals surface area contributed by atoms with Gasteiger partial charge in [0.2, 0.25) is 0 Å². The topological polar surface area (TPSA) is 24.9 Å². The largest absolute Gasteiger partial charge is 0.317 e. The fraction of sp³-hybridized carbons (Fsp3) is 0.545. The lowest BCUT2D eigenvalue weighted by atomic mass is 10.1. The van der Waals surface area contributed by atoms with Gasteiger partial charge in [0.15, 0.2) is 0 Å². The van der Waals surface area contributed by atoms with Gasteiger partial charge < -0.3 is 5.32 Å². The summed E-state index contributed by atoms with van der Waals surface area (Å²) in [7, 11) is 1.99. The molecule has 1 N–H and O–H groups in total. The fourth-order valence-electron chi connectivity index (χ4n) is 1.16. The predicted molar refractivity (Wildman–Crippen MR) is 55.8 cm³/mol. The zero-order valence-corrected chi connectivity index (χ0v) is 8.67. The molecule has 0 fully saturated rings. The second kappa shape index (κ2) is 4.97. The van der Waals surface area contributed by atoms with Crippen LogP contribution in [0, 0.1) is 6.92 Å². The van der Waals surface area contributed by atoms with Crippen LogP contribution in [-0.4, -0.2) is 18.1 Å². The van der Waals surface area contributed by atoms with E-state index in [-0.39, 0.29) is 0 Å². The van der Waals surface area contributed by atoms with Crippen molar-refractivity contribution in [2.75, 3.05) is 7.05 Å². The van der Waals surface area contributed by atoms with Crippen LogP contribution in [0.3, 0.4) is 0 Å². The molecule has 72 valence electrons. The Labute approximate surface area is 80.4 Å². The van der Waals surface area contributed by atoms with Gasteiger partial charge in [0.05, 0.1) is 0 Å². The van der Waals surface area contributed by atoms with Gasteiger partial charge in [-0.2, -0.15) is 0 Å². The second-order valence-corrected chi connectivity index (χ2v) is 3.56.